The molecule has 24 heavy (non-hydrogen) atoms. The molecule has 1 aliphatic carbocycles. The van der Waals surface area contributed by atoms with Crippen LogP contribution in [0.1, 0.15) is 6.42 Å². The summed E-state index contributed by atoms with van der Waals surface area (Å²) in [5.74, 6) is -2.43. The molecule has 0 heterocycles. The Morgan fingerprint density at radius 1 is 1.33 bits per heavy atom. The first kappa shape index (κ1) is 18.7. The van der Waals surface area contributed by atoms with Crippen LogP contribution in [-0.4, -0.2) is 51.8 Å². The summed E-state index contributed by atoms with van der Waals surface area (Å²) in [6.07, 6.45) is 1.56. The Morgan fingerprint density at radius 3 is 2.54 bits per heavy atom. The van der Waals surface area contributed by atoms with E-state index in [2.05, 4.69) is 6.58 Å². The number of hydrogen-bond donors (Lipinski definition) is 1. The molecule has 0 saturated heterocycles. The van der Waals surface area contributed by atoms with Crippen molar-refractivity contribution in [3.05, 3.63) is 43.0 Å². The van der Waals surface area contributed by atoms with E-state index in [0.717, 1.165) is 0 Å². The van der Waals surface area contributed by atoms with E-state index in [1.165, 1.54) is 18.7 Å². The van der Waals surface area contributed by atoms with Crippen LogP contribution in [0.3, 0.4) is 0 Å². The molecule has 1 fully saturated rings. The van der Waals surface area contributed by atoms with Crippen molar-refractivity contribution >= 4 is 31.4 Å². The molecule has 0 aliphatic heterocycles. The monoisotopic (exact) mass is 398 g/mol. The van der Waals surface area contributed by atoms with Gasteiger partial charge in [-0.05, 0) is 0 Å². The van der Waals surface area contributed by atoms with Crippen molar-refractivity contribution < 1.29 is 24.2 Å². The molecule has 0 spiro atoms. The average Bonchev–Trinajstić information content (AvgIpc) is 2.92. The van der Waals surface area contributed by atoms with Crippen molar-refractivity contribution in [1.82, 2.24) is 0 Å². The average molecular weight is 397 g/mol. The molecule has 0 radical (unpaired) electrons. The third-order valence-electron chi connectivity index (χ3n) is 4.54. The van der Waals surface area contributed by atoms with E-state index in [1.54, 1.807) is 6.08 Å². The molecule has 2 rings (SSSR count). The van der Waals surface area contributed by atoms with Crippen LogP contribution in [0.25, 0.3) is 0 Å². The van der Waals surface area contributed by atoms with Crippen LogP contribution in [0.5, 0.6) is 0 Å². The molecule has 1 N–H and O–H groups in total. The SMILES string of the molecule is C=C[C@@H]1[C@@H](C[Se]c2ccccc2)[C@@H](C(=O)OC)C[C@]1(O)C(=O)OC. The second-order valence-electron chi connectivity index (χ2n) is 5.80. The number of esters is 2. The topological polar surface area (TPSA) is 72.8 Å². The van der Waals surface area contributed by atoms with Gasteiger partial charge in [0.05, 0.1) is 0 Å². The van der Waals surface area contributed by atoms with Gasteiger partial charge in [-0.25, -0.2) is 0 Å². The summed E-state index contributed by atoms with van der Waals surface area (Å²) in [6, 6.07) is 9.97. The van der Waals surface area contributed by atoms with Gasteiger partial charge in [0.2, 0.25) is 0 Å². The van der Waals surface area contributed by atoms with E-state index in [0.29, 0.717) is 5.32 Å². The van der Waals surface area contributed by atoms with Crippen molar-refractivity contribution in [3.63, 3.8) is 0 Å². The third-order valence-corrected chi connectivity index (χ3v) is 6.97. The first-order valence-corrected chi connectivity index (χ1v) is 9.73. The van der Waals surface area contributed by atoms with Gasteiger partial charge >= 0.3 is 148 Å². The Balaban J connectivity index is 2.27. The van der Waals surface area contributed by atoms with E-state index in [9.17, 15) is 14.7 Å². The minimum atomic E-state index is -1.73. The van der Waals surface area contributed by atoms with Crippen molar-refractivity contribution in [1.29, 1.82) is 0 Å². The number of hydrogen-bond acceptors (Lipinski definition) is 5. The fraction of sp³-hybridized carbons (Fsp3) is 0.444. The van der Waals surface area contributed by atoms with E-state index in [-0.39, 0.29) is 27.3 Å². The zero-order valence-corrected chi connectivity index (χ0v) is 15.5. The van der Waals surface area contributed by atoms with Crippen molar-refractivity contribution in [3.8, 4) is 0 Å². The summed E-state index contributed by atoms with van der Waals surface area (Å²) < 4.78 is 10.8. The first-order chi connectivity index (χ1) is 11.5. The molecule has 0 bridgehead atoms. The molecular formula is C18H22O5Se. The first-order valence-electron chi connectivity index (χ1n) is 7.67. The molecule has 1 saturated carbocycles. The molecule has 1 aromatic rings. The summed E-state index contributed by atoms with van der Waals surface area (Å²) in [5.41, 5.74) is -1.73. The molecule has 0 unspecified atom stereocenters. The molecule has 4 atom stereocenters. The standard InChI is InChI=1S/C18H22O5Se/c1-4-15-14(11-24-12-8-6-5-7-9-12)13(16(19)22-2)10-18(15,21)17(20)23-3/h4-9,13-15,21H,1,10-11H2,2-3H3/t13-,14-,15+,18+/m0/s1. The Hall–Kier alpha value is -1.62. The van der Waals surface area contributed by atoms with Gasteiger partial charge in [0.1, 0.15) is 0 Å². The third kappa shape index (κ3) is 3.56. The van der Waals surface area contributed by atoms with Crippen LogP contribution < -0.4 is 4.46 Å². The number of carbonyl (C=O) groups excluding carboxylic acids is 2. The van der Waals surface area contributed by atoms with Crippen molar-refractivity contribution in [2.75, 3.05) is 14.2 Å². The van der Waals surface area contributed by atoms with Crippen molar-refractivity contribution in [2.24, 2.45) is 17.8 Å². The Kier molecular flexibility index (Phi) is 6.21. The molecule has 1 aromatic carbocycles. The molecular weight excluding hydrogens is 375 g/mol. The molecule has 0 aromatic heterocycles. The van der Waals surface area contributed by atoms with Gasteiger partial charge in [-0.2, -0.15) is 0 Å². The summed E-state index contributed by atoms with van der Waals surface area (Å²) in [4.78, 5) is 24.3. The quantitative estimate of drug-likeness (QED) is 0.440. The number of benzene rings is 1. The maximum absolute atomic E-state index is 12.2. The number of ether oxygens (including phenoxy) is 2. The number of carbonyl (C=O) groups is 2. The van der Waals surface area contributed by atoms with Crippen LogP contribution in [0.4, 0.5) is 0 Å². The number of aliphatic hydroxyl groups is 1. The zero-order chi connectivity index (χ0) is 17.7. The fourth-order valence-corrected chi connectivity index (χ4v) is 5.79. The van der Waals surface area contributed by atoms with Crippen LogP contribution in [-0.2, 0) is 19.1 Å². The van der Waals surface area contributed by atoms with Gasteiger partial charge in [-0.1, -0.05) is 0 Å². The van der Waals surface area contributed by atoms with Gasteiger partial charge in [-0.3, -0.25) is 0 Å². The summed E-state index contributed by atoms with van der Waals surface area (Å²) in [7, 11) is 2.55. The molecule has 0 amide bonds. The number of methoxy groups -OCH3 is 2. The maximum atomic E-state index is 12.2. The number of rotatable bonds is 6. The summed E-state index contributed by atoms with van der Waals surface area (Å²) in [5, 5.41) is 11.6. The Morgan fingerprint density at radius 2 is 2.00 bits per heavy atom. The molecule has 130 valence electrons. The van der Waals surface area contributed by atoms with Gasteiger partial charge in [0.15, 0.2) is 0 Å². The van der Waals surface area contributed by atoms with Gasteiger partial charge in [0, 0.05) is 0 Å². The normalized spacial score (nSPS) is 29.0. The van der Waals surface area contributed by atoms with Gasteiger partial charge < -0.3 is 0 Å². The van der Waals surface area contributed by atoms with E-state index in [1.807, 2.05) is 30.3 Å². The van der Waals surface area contributed by atoms with E-state index in [4.69, 9.17) is 9.47 Å². The second-order valence-corrected chi connectivity index (χ2v) is 8.09. The van der Waals surface area contributed by atoms with Crippen molar-refractivity contribution in [2.45, 2.75) is 17.3 Å². The van der Waals surface area contributed by atoms with Gasteiger partial charge in [-0.15, -0.1) is 0 Å². The molecule has 1 aliphatic rings. The van der Waals surface area contributed by atoms with E-state index < -0.39 is 29.4 Å². The summed E-state index contributed by atoms with van der Waals surface area (Å²) >= 11 is 0.112. The van der Waals surface area contributed by atoms with Crippen LogP contribution >= 0.6 is 0 Å². The molecule has 6 heteroatoms. The Labute approximate surface area is 148 Å². The zero-order valence-electron chi connectivity index (χ0n) is 13.8. The second kappa shape index (κ2) is 7.97. The van der Waals surface area contributed by atoms with Gasteiger partial charge in [0.25, 0.3) is 0 Å². The predicted molar refractivity (Wildman–Crippen MR) is 90.9 cm³/mol. The minimum absolute atomic E-state index is 0.00142. The summed E-state index contributed by atoms with van der Waals surface area (Å²) in [6.45, 7) is 3.77. The fourth-order valence-electron chi connectivity index (χ4n) is 3.33. The van der Waals surface area contributed by atoms with Crippen LogP contribution in [0.15, 0.2) is 43.0 Å². The Bertz CT molecular complexity index is 603. The van der Waals surface area contributed by atoms with Crippen LogP contribution in [0.2, 0.25) is 5.32 Å². The van der Waals surface area contributed by atoms with E-state index >= 15 is 0 Å². The molecule has 5 nitrogen and oxygen atoms in total. The van der Waals surface area contributed by atoms with Crippen LogP contribution in [0, 0.1) is 17.8 Å². The predicted octanol–water partition coefficient (Wildman–Crippen LogP) is 0.950.